The van der Waals surface area contributed by atoms with Gasteiger partial charge in [0, 0.05) is 24.3 Å². The Morgan fingerprint density at radius 2 is 1.95 bits per heavy atom. The van der Waals surface area contributed by atoms with Crippen molar-refractivity contribution in [1.29, 1.82) is 0 Å². The summed E-state index contributed by atoms with van der Waals surface area (Å²) in [5.74, 6) is 1.03. The van der Waals surface area contributed by atoms with Gasteiger partial charge >= 0.3 is 0 Å². The zero-order valence-corrected chi connectivity index (χ0v) is 12.4. The van der Waals surface area contributed by atoms with Crippen LogP contribution in [0.2, 0.25) is 0 Å². The van der Waals surface area contributed by atoms with E-state index in [1.165, 1.54) is 5.56 Å². The molecule has 1 unspecified atom stereocenters. The van der Waals surface area contributed by atoms with E-state index in [1.807, 2.05) is 30.3 Å². The van der Waals surface area contributed by atoms with E-state index >= 15 is 0 Å². The van der Waals surface area contributed by atoms with Crippen LogP contribution in [-0.4, -0.2) is 25.6 Å². The van der Waals surface area contributed by atoms with E-state index in [2.05, 4.69) is 30.1 Å². The van der Waals surface area contributed by atoms with Gasteiger partial charge in [0.2, 0.25) is 0 Å². The number of rotatable bonds is 4. The van der Waals surface area contributed by atoms with Crippen molar-refractivity contribution in [2.45, 2.75) is 46.6 Å². The first-order valence-electron chi connectivity index (χ1n) is 6.75. The highest BCUT2D eigenvalue weighted by atomic mass is 15.4. The van der Waals surface area contributed by atoms with Crippen molar-refractivity contribution in [1.82, 2.24) is 19.6 Å². The molecule has 0 fully saturated rings. The predicted octanol–water partition coefficient (Wildman–Crippen LogP) is 1.81. The van der Waals surface area contributed by atoms with E-state index in [-0.39, 0.29) is 6.04 Å². The lowest BCUT2D eigenvalue weighted by Gasteiger charge is -2.12. The van der Waals surface area contributed by atoms with Crippen LogP contribution < -0.4 is 5.73 Å². The number of aryl methyl sites for hydroxylation is 4. The van der Waals surface area contributed by atoms with Gasteiger partial charge in [-0.2, -0.15) is 10.2 Å². The van der Waals surface area contributed by atoms with Crippen molar-refractivity contribution < 1.29 is 0 Å². The molecule has 0 saturated heterocycles. The average Bonchev–Trinajstić information content (AvgIpc) is 2.79. The van der Waals surface area contributed by atoms with Crippen LogP contribution in [0.4, 0.5) is 0 Å². The van der Waals surface area contributed by atoms with Crippen LogP contribution in [0.1, 0.15) is 36.0 Å². The molecule has 0 radical (unpaired) electrons. The fraction of sp³-hybridized carbons (Fsp3) is 0.571. The first-order chi connectivity index (χ1) is 8.93. The van der Waals surface area contributed by atoms with Crippen LogP contribution >= 0.6 is 0 Å². The molecule has 0 bridgehead atoms. The molecule has 2 N–H and O–H groups in total. The Bertz CT molecular complexity index is 579. The number of aromatic nitrogens is 4. The molecule has 0 aliphatic carbocycles. The van der Waals surface area contributed by atoms with Gasteiger partial charge in [0.1, 0.15) is 0 Å². The molecule has 19 heavy (non-hydrogen) atoms. The van der Waals surface area contributed by atoms with E-state index in [4.69, 9.17) is 5.73 Å². The lowest BCUT2D eigenvalue weighted by molar-refractivity contribution is 0.634. The van der Waals surface area contributed by atoms with Crippen molar-refractivity contribution in [3.8, 4) is 5.82 Å². The minimum Gasteiger partial charge on any atom is -0.327 e. The largest absolute Gasteiger partial charge is 0.327 e. The lowest BCUT2D eigenvalue weighted by Crippen LogP contribution is -2.22. The van der Waals surface area contributed by atoms with E-state index in [9.17, 15) is 0 Å². The summed E-state index contributed by atoms with van der Waals surface area (Å²) in [6.45, 7) is 8.21. The summed E-state index contributed by atoms with van der Waals surface area (Å²) < 4.78 is 3.86. The summed E-state index contributed by atoms with van der Waals surface area (Å²) in [4.78, 5) is 0. The molecule has 2 aromatic heterocycles. The van der Waals surface area contributed by atoms with E-state index in [0.29, 0.717) is 0 Å². The van der Waals surface area contributed by atoms with Crippen molar-refractivity contribution in [2.24, 2.45) is 12.8 Å². The second-order valence-electron chi connectivity index (χ2n) is 5.22. The summed E-state index contributed by atoms with van der Waals surface area (Å²) in [5, 5.41) is 9.09. The maximum atomic E-state index is 6.11. The smallest absolute Gasteiger partial charge is 0.155 e. The second-order valence-corrected chi connectivity index (χ2v) is 5.22. The molecule has 104 valence electrons. The van der Waals surface area contributed by atoms with Gasteiger partial charge in [-0.1, -0.05) is 6.92 Å². The molecule has 0 aliphatic rings. The molecule has 5 heteroatoms. The molecule has 0 saturated carbocycles. The maximum absolute atomic E-state index is 6.11. The fourth-order valence-electron chi connectivity index (χ4n) is 2.44. The van der Waals surface area contributed by atoms with Crippen LogP contribution in [0.25, 0.3) is 5.82 Å². The molecule has 2 heterocycles. The van der Waals surface area contributed by atoms with Crippen molar-refractivity contribution in [3.63, 3.8) is 0 Å². The Balaban J connectivity index is 2.53. The monoisotopic (exact) mass is 261 g/mol. The van der Waals surface area contributed by atoms with E-state index < -0.39 is 0 Å². The zero-order chi connectivity index (χ0) is 14.2. The third kappa shape index (κ3) is 2.56. The third-order valence-corrected chi connectivity index (χ3v) is 3.51. The summed E-state index contributed by atoms with van der Waals surface area (Å²) >= 11 is 0. The van der Waals surface area contributed by atoms with Gasteiger partial charge in [-0.25, -0.2) is 4.68 Å². The summed E-state index contributed by atoms with van der Waals surface area (Å²) in [6, 6.07) is 2.24. The average molecular weight is 261 g/mol. The van der Waals surface area contributed by atoms with Crippen LogP contribution in [0, 0.1) is 20.8 Å². The Morgan fingerprint density at radius 1 is 1.26 bits per heavy atom. The Hall–Kier alpha value is -1.62. The van der Waals surface area contributed by atoms with Gasteiger partial charge in [-0.05, 0) is 39.7 Å². The van der Waals surface area contributed by atoms with Gasteiger partial charge in [0.25, 0.3) is 0 Å². The predicted molar refractivity (Wildman–Crippen MR) is 76.5 cm³/mol. The maximum Gasteiger partial charge on any atom is 0.155 e. The molecule has 2 aromatic rings. The Morgan fingerprint density at radius 3 is 2.47 bits per heavy atom. The van der Waals surface area contributed by atoms with Gasteiger partial charge in [0.05, 0.1) is 11.4 Å². The second kappa shape index (κ2) is 5.17. The van der Waals surface area contributed by atoms with Gasteiger partial charge in [-0.15, -0.1) is 0 Å². The normalized spacial score (nSPS) is 12.9. The third-order valence-electron chi connectivity index (χ3n) is 3.51. The molecule has 5 nitrogen and oxygen atoms in total. The number of hydrogen-bond acceptors (Lipinski definition) is 3. The molecule has 0 spiro atoms. The van der Waals surface area contributed by atoms with Gasteiger partial charge < -0.3 is 5.73 Å². The van der Waals surface area contributed by atoms with Gasteiger partial charge in [0.15, 0.2) is 5.82 Å². The first-order valence-corrected chi connectivity index (χ1v) is 6.75. The lowest BCUT2D eigenvalue weighted by atomic mass is 10.0. The SMILES string of the molecule is CCC(N)Cc1c(C)nn(C)c1-n1nc(C)cc1C. The zero-order valence-electron chi connectivity index (χ0n) is 12.4. The number of nitrogens with zero attached hydrogens (tertiary/aromatic N) is 4. The highest BCUT2D eigenvalue weighted by Gasteiger charge is 2.19. The standard InChI is InChI=1S/C14H23N5/c1-6-12(15)8-13-11(4)17-18(5)14(13)19-10(3)7-9(2)16-19/h7,12H,6,8,15H2,1-5H3. The van der Waals surface area contributed by atoms with Crippen molar-refractivity contribution in [3.05, 3.63) is 28.7 Å². The topological polar surface area (TPSA) is 61.7 Å². The van der Waals surface area contributed by atoms with E-state index in [1.54, 1.807) is 0 Å². The molecule has 0 aromatic carbocycles. The number of nitrogens with two attached hydrogens (primary N) is 1. The minimum absolute atomic E-state index is 0.165. The van der Waals surface area contributed by atoms with Crippen LogP contribution in [0.3, 0.4) is 0 Å². The van der Waals surface area contributed by atoms with Gasteiger partial charge in [-0.3, -0.25) is 4.68 Å². The first kappa shape index (κ1) is 13.8. The molecular formula is C14H23N5. The fourth-order valence-corrected chi connectivity index (χ4v) is 2.44. The summed E-state index contributed by atoms with van der Waals surface area (Å²) in [6.07, 6.45) is 1.80. The highest BCUT2D eigenvalue weighted by Crippen LogP contribution is 2.21. The highest BCUT2D eigenvalue weighted by molar-refractivity contribution is 5.39. The van der Waals surface area contributed by atoms with Crippen LogP contribution in [0.15, 0.2) is 6.07 Å². The quantitative estimate of drug-likeness (QED) is 0.913. The molecular weight excluding hydrogens is 238 g/mol. The molecule has 0 aliphatic heterocycles. The Kier molecular flexibility index (Phi) is 3.75. The molecule has 0 amide bonds. The summed E-state index contributed by atoms with van der Waals surface area (Å²) in [5.41, 5.74) is 10.5. The molecule has 2 rings (SSSR count). The molecule has 1 atom stereocenters. The summed E-state index contributed by atoms with van der Waals surface area (Å²) in [7, 11) is 1.96. The van der Waals surface area contributed by atoms with Crippen LogP contribution in [0.5, 0.6) is 0 Å². The Labute approximate surface area is 114 Å². The van der Waals surface area contributed by atoms with Crippen LogP contribution in [-0.2, 0) is 13.5 Å². The van der Waals surface area contributed by atoms with Crippen molar-refractivity contribution in [2.75, 3.05) is 0 Å². The minimum atomic E-state index is 0.165. The van der Waals surface area contributed by atoms with E-state index in [0.717, 1.165) is 35.7 Å². The number of hydrogen-bond donors (Lipinski definition) is 1. The van der Waals surface area contributed by atoms with Crippen molar-refractivity contribution >= 4 is 0 Å².